The largest absolute Gasteiger partial charge is 0.494 e. The van der Waals surface area contributed by atoms with Crippen molar-refractivity contribution in [3.8, 4) is 5.75 Å². The third-order valence-corrected chi connectivity index (χ3v) is 4.61. The van der Waals surface area contributed by atoms with Gasteiger partial charge in [-0.3, -0.25) is 4.79 Å². The van der Waals surface area contributed by atoms with Crippen molar-refractivity contribution in [3.63, 3.8) is 0 Å². The molecule has 0 fully saturated rings. The number of benzene rings is 1. The first-order valence-corrected chi connectivity index (χ1v) is 8.94. The molecule has 0 spiro atoms. The maximum Gasteiger partial charge on any atom is 0.217 e. The highest BCUT2D eigenvalue weighted by Crippen LogP contribution is 2.19. The van der Waals surface area contributed by atoms with Gasteiger partial charge in [-0.2, -0.15) is 0 Å². The molecule has 0 saturated heterocycles. The zero-order valence-electron chi connectivity index (χ0n) is 14.4. The predicted molar refractivity (Wildman–Crippen MR) is 95.3 cm³/mol. The second-order valence-electron chi connectivity index (χ2n) is 5.80. The summed E-state index contributed by atoms with van der Waals surface area (Å²) in [5, 5.41) is 9.11. The second kappa shape index (κ2) is 8.73. The number of nitrogens with zero attached hydrogens (tertiary/aromatic N) is 3. The van der Waals surface area contributed by atoms with Crippen molar-refractivity contribution >= 4 is 17.7 Å². The first-order valence-electron chi connectivity index (χ1n) is 7.96. The molecule has 0 radical (unpaired) electrons. The van der Waals surface area contributed by atoms with Crippen LogP contribution in [-0.2, 0) is 18.3 Å². The summed E-state index contributed by atoms with van der Waals surface area (Å²) in [7, 11) is 1.91. The third-order valence-electron chi connectivity index (χ3n) is 3.50. The molecule has 1 aromatic carbocycles. The van der Waals surface area contributed by atoms with Gasteiger partial charge in [-0.25, -0.2) is 0 Å². The number of ether oxygens (including phenoxy) is 1. The highest BCUT2D eigenvalue weighted by Gasteiger charge is 2.10. The van der Waals surface area contributed by atoms with Crippen LogP contribution in [0.5, 0.6) is 5.75 Å². The number of aromatic nitrogens is 3. The van der Waals surface area contributed by atoms with Gasteiger partial charge in [0.1, 0.15) is 11.6 Å². The predicted octanol–water partition coefficient (Wildman–Crippen LogP) is 2.41. The molecule has 6 nitrogen and oxygen atoms in total. The molecule has 130 valence electrons. The number of hydrogen-bond acceptors (Lipinski definition) is 5. The number of nitrogens with two attached hydrogens (primary N) is 1. The van der Waals surface area contributed by atoms with E-state index in [0.29, 0.717) is 19.4 Å². The van der Waals surface area contributed by atoms with Gasteiger partial charge in [0.2, 0.25) is 5.91 Å². The molecule has 24 heavy (non-hydrogen) atoms. The number of aryl methyl sites for hydroxylation is 3. The number of rotatable bonds is 9. The van der Waals surface area contributed by atoms with E-state index in [1.54, 1.807) is 11.8 Å². The summed E-state index contributed by atoms with van der Waals surface area (Å²) >= 11 is 1.64. The van der Waals surface area contributed by atoms with E-state index < -0.39 is 0 Å². The maximum absolute atomic E-state index is 10.8. The van der Waals surface area contributed by atoms with Crippen molar-refractivity contribution < 1.29 is 9.53 Å². The SMILES string of the molecule is Cc1cc(C)cc(OCCCSc2nnc(CCC(N)=O)n2C)c1. The first kappa shape index (κ1) is 18.3. The van der Waals surface area contributed by atoms with Gasteiger partial charge in [-0.15, -0.1) is 10.2 Å². The topological polar surface area (TPSA) is 83.0 Å². The van der Waals surface area contributed by atoms with Gasteiger partial charge in [0.25, 0.3) is 0 Å². The third kappa shape index (κ3) is 5.56. The molecule has 0 saturated carbocycles. The molecular weight excluding hydrogens is 324 g/mol. The number of thioether (sulfide) groups is 1. The fourth-order valence-corrected chi connectivity index (χ4v) is 3.19. The monoisotopic (exact) mass is 348 g/mol. The summed E-state index contributed by atoms with van der Waals surface area (Å²) < 4.78 is 7.71. The molecule has 0 aliphatic rings. The Bertz CT molecular complexity index is 680. The Morgan fingerprint density at radius 2 is 1.96 bits per heavy atom. The Morgan fingerprint density at radius 1 is 1.25 bits per heavy atom. The van der Waals surface area contributed by atoms with E-state index in [1.165, 1.54) is 11.1 Å². The maximum atomic E-state index is 10.8. The minimum Gasteiger partial charge on any atom is -0.494 e. The minimum absolute atomic E-state index is 0.292. The van der Waals surface area contributed by atoms with Gasteiger partial charge in [0.15, 0.2) is 5.16 Å². The van der Waals surface area contributed by atoms with Crippen LogP contribution in [0.1, 0.15) is 29.8 Å². The van der Waals surface area contributed by atoms with Gasteiger partial charge in [-0.05, 0) is 43.5 Å². The quantitative estimate of drug-likeness (QED) is 0.556. The second-order valence-corrected chi connectivity index (χ2v) is 6.86. The molecule has 1 heterocycles. The standard InChI is InChI=1S/C17H24N4O2S/c1-12-9-13(2)11-14(10-12)23-7-4-8-24-17-20-19-16(21(17)3)6-5-15(18)22/h9-11H,4-8H2,1-3H3,(H2,18,22). The van der Waals surface area contributed by atoms with Crippen molar-refractivity contribution in [1.29, 1.82) is 0 Å². The summed E-state index contributed by atoms with van der Waals surface area (Å²) in [5.74, 6) is 2.27. The molecule has 1 amide bonds. The van der Waals surface area contributed by atoms with Crippen molar-refractivity contribution in [2.75, 3.05) is 12.4 Å². The number of carbonyl (C=O) groups excluding carboxylic acids is 1. The number of carbonyl (C=O) groups is 1. The lowest BCUT2D eigenvalue weighted by atomic mass is 10.1. The Kier molecular flexibility index (Phi) is 6.66. The van der Waals surface area contributed by atoms with E-state index in [0.717, 1.165) is 28.9 Å². The molecule has 2 rings (SSSR count). The van der Waals surface area contributed by atoms with Gasteiger partial charge < -0.3 is 15.0 Å². The van der Waals surface area contributed by atoms with E-state index in [4.69, 9.17) is 10.5 Å². The smallest absolute Gasteiger partial charge is 0.217 e. The van der Waals surface area contributed by atoms with Crippen LogP contribution in [0.25, 0.3) is 0 Å². The molecule has 0 atom stereocenters. The van der Waals surface area contributed by atoms with Gasteiger partial charge >= 0.3 is 0 Å². The minimum atomic E-state index is -0.323. The zero-order valence-corrected chi connectivity index (χ0v) is 15.2. The van der Waals surface area contributed by atoms with Crippen molar-refractivity contribution in [2.24, 2.45) is 12.8 Å². The fraction of sp³-hybridized carbons (Fsp3) is 0.471. The van der Waals surface area contributed by atoms with Crippen LogP contribution >= 0.6 is 11.8 Å². The van der Waals surface area contributed by atoms with Crippen molar-refractivity contribution in [1.82, 2.24) is 14.8 Å². The molecule has 0 bridgehead atoms. The molecule has 7 heteroatoms. The molecule has 1 aromatic heterocycles. The van der Waals surface area contributed by atoms with Crippen LogP contribution in [0.2, 0.25) is 0 Å². The molecular formula is C17H24N4O2S. The fourth-order valence-electron chi connectivity index (χ4n) is 2.35. The zero-order chi connectivity index (χ0) is 17.5. The van der Waals surface area contributed by atoms with E-state index in [1.807, 2.05) is 23.7 Å². The Labute approximate surface area is 146 Å². The Morgan fingerprint density at radius 3 is 2.62 bits per heavy atom. The lowest BCUT2D eigenvalue weighted by molar-refractivity contribution is -0.118. The summed E-state index contributed by atoms with van der Waals surface area (Å²) in [6, 6.07) is 6.23. The van der Waals surface area contributed by atoms with Crippen LogP contribution < -0.4 is 10.5 Å². The molecule has 0 aliphatic heterocycles. The molecule has 0 aliphatic carbocycles. The normalized spacial score (nSPS) is 10.8. The lowest BCUT2D eigenvalue weighted by Gasteiger charge is -2.08. The highest BCUT2D eigenvalue weighted by atomic mass is 32.2. The summed E-state index contributed by atoms with van der Waals surface area (Å²) in [5.41, 5.74) is 7.58. The van der Waals surface area contributed by atoms with Crippen molar-refractivity contribution in [3.05, 3.63) is 35.2 Å². The molecule has 2 N–H and O–H groups in total. The average Bonchev–Trinajstić information content (AvgIpc) is 2.84. The summed E-state index contributed by atoms with van der Waals surface area (Å²) in [6.07, 6.45) is 1.73. The Balaban J connectivity index is 1.73. The van der Waals surface area contributed by atoms with Crippen LogP contribution in [-0.4, -0.2) is 33.0 Å². The number of hydrogen-bond donors (Lipinski definition) is 1. The summed E-state index contributed by atoms with van der Waals surface area (Å²) in [6.45, 7) is 4.81. The van der Waals surface area contributed by atoms with Crippen LogP contribution in [0, 0.1) is 13.8 Å². The first-order chi connectivity index (χ1) is 11.5. The van der Waals surface area contributed by atoms with Gasteiger partial charge in [-0.1, -0.05) is 17.8 Å². The van der Waals surface area contributed by atoms with Crippen molar-refractivity contribution in [2.45, 2.75) is 38.3 Å². The van der Waals surface area contributed by atoms with E-state index in [2.05, 4.69) is 30.1 Å². The lowest BCUT2D eigenvalue weighted by Crippen LogP contribution is -2.12. The number of amides is 1. The molecule has 2 aromatic rings. The van der Waals surface area contributed by atoms with Crippen LogP contribution in [0.15, 0.2) is 23.4 Å². The average molecular weight is 348 g/mol. The van der Waals surface area contributed by atoms with Crippen LogP contribution in [0.4, 0.5) is 0 Å². The van der Waals surface area contributed by atoms with E-state index in [9.17, 15) is 4.79 Å². The summed E-state index contributed by atoms with van der Waals surface area (Å²) in [4.78, 5) is 10.8. The van der Waals surface area contributed by atoms with E-state index >= 15 is 0 Å². The van der Waals surface area contributed by atoms with E-state index in [-0.39, 0.29) is 5.91 Å². The van der Waals surface area contributed by atoms with Crippen LogP contribution in [0.3, 0.4) is 0 Å². The van der Waals surface area contributed by atoms with Gasteiger partial charge in [0, 0.05) is 25.6 Å². The highest BCUT2D eigenvalue weighted by molar-refractivity contribution is 7.99. The Hall–Kier alpha value is -2.02. The number of primary amides is 1. The van der Waals surface area contributed by atoms with Gasteiger partial charge in [0.05, 0.1) is 6.61 Å². The molecule has 0 unspecified atom stereocenters.